The van der Waals surface area contributed by atoms with E-state index in [-0.39, 0.29) is 5.91 Å². The highest BCUT2D eigenvalue weighted by Gasteiger charge is 2.18. The Morgan fingerprint density at radius 2 is 1.76 bits per heavy atom. The lowest BCUT2D eigenvalue weighted by atomic mass is 10.1. The molecule has 0 saturated heterocycles. The molecule has 1 atom stereocenters. The molecular formula is C21H27NO3. The van der Waals surface area contributed by atoms with Gasteiger partial charge in [-0.1, -0.05) is 31.2 Å². The van der Waals surface area contributed by atoms with E-state index < -0.39 is 6.10 Å². The first-order valence-electron chi connectivity index (χ1n) is 8.70. The fraction of sp³-hybridized carbons (Fsp3) is 0.381. The number of carbonyl (C=O) groups excluding carboxylic acids is 1. The molecule has 25 heavy (non-hydrogen) atoms. The van der Waals surface area contributed by atoms with Crippen LogP contribution in [-0.4, -0.2) is 25.2 Å². The number of nitrogens with one attached hydrogen (secondary N) is 1. The highest BCUT2D eigenvalue weighted by Crippen LogP contribution is 2.19. The lowest BCUT2D eigenvalue weighted by Gasteiger charge is -2.18. The Balaban J connectivity index is 1.81. The average Bonchev–Trinajstić information content (AvgIpc) is 2.57. The number of rotatable bonds is 8. The number of aryl methyl sites for hydroxylation is 3. The lowest BCUT2D eigenvalue weighted by molar-refractivity contribution is -0.128. The van der Waals surface area contributed by atoms with Crippen LogP contribution in [0.2, 0.25) is 0 Å². The van der Waals surface area contributed by atoms with E-state index in [0.29, 0.717) is 19.6 Å². The van der Waals surface area contributed by atoms with Gasteiger partial charge in [0.15, 0.2) is 6.10 Å². The first-order chi connectivity index (χ1) is 12.0. The first-order valence-corrected chi connectivity index (χ1v) is 8.70. The molecule has 2 aromatic rings. The molecular weight excluding hydrogens is 314 g/mol. The van der Waals surface area contributed by atoms with Crippen molar-refractivity contribution in [1.29, 1.82) is 0 Å². The molecule has 1 N–H and O–H groups in total. The summed E-state index contributed by atoms with van der Waals surface area (Å²) >= 11 is 0. The molecule has 0 aliphatic rings. The summed E-state index contributed by atoms with van der Waals surface area (Å²) in [5.41, 5.74) is 3.35. The number of hydrogen-bond acceptors (Lipinski definition) is 3. The largest absolute Gasteiger partial charge is 0.492 e. The van der Waals surface area contributed by atoms with Gasteiger partial charge in [-0.15, -0.1) is 0 Å². The van der Waals surface area contributed by atoms with Gasteiger partial charge in [0.25, 0.3) is 5.91 Å². The quantitative estimate of drug-likeness (QED) is 0.739. The standard InChI is InChI=1S/C21H27NO3/c1-5-19(25-20-9-7-6-8-17(20)4)21(23)22-10-11-24-18-13-15(2)12-16(3)14-18/h6-9,12-14,19H,5,10-11H2,1-4H3,(H,22,23)/t19-/m0/s1. The van der Waals surface area contributed by atoms with Crippen LogP contribution in [0, 0.1) is 20.8 Å². The predicted octanol–water partition coefficient (Wildman–Crippen LogP) is 3.96. The average molecular weight is 341 g/mol. The van der Waals surface area contributed by atoms with Gasteiger partial charge in [-0.25, -0.2) is 0 Å². The second-order valence-electron chi connectivity index (χ2n) is 6.24. The Morgan fingerprint density at radius 1 is 1.08 bits per heavy atom. The number of carbonyl (C=O) groups is 1. The van der Waals surface area contributed by atoms with Crippen molar-refractivity contribution in [1.82, 2.24) is 5.32 Å². The third kappa shape index (κ3) is 5.82. The smallest absolute Gasteiger partial charge is 0.261 e. The van der Waals surface area contributed by atoms with Crippen LogP contribution in [-0.2, 0) is 4.79 Å². The Morgan fingerprint density at radius 3 is 2.40 bits per heavy atom. The highest BCUT2D eigenvalue weighted by molar-refractivity contribution is 5.81. The van der Waals surface area contributed by atoms with Crippen molar-refractivity contribution in [3.63, 3.8) is 0 Å². The molecule has 0 spiro atoms. The van der Waals surface area contributed by atoms with E-state index in [9.17, 15) is 4.79 Å². The van der Waals surface area contributed by atoms with E-state index in [2.05, 4.69) is 11.4 Å². The van der Waals surface area contributed by atoms with Crippen molar-refractivity contribution < 1.29 is 14.3 Å². The minimum Gasteiger partial charge on any atom is -0.492 e. The lowest BCUT2D eigenvalue weighted by Crippen LogP contribution is -2.39. The highest BCUT2D eigenvalue weighted by atomic mass is 16.5. The normalized spacial score (nSPS) is 11.7. The van der Waals surface area contributed by atoms with E-state index in [1.165, 1.54) is 0 Å². The summed E-state index contributed by atoms with van der Waals surface area (Å²) < 4.78 is 11.6. The summed E-state index contributed by atoms with van der Waals surface area (Å²) in [6, 6.07) is 13.8. The molecule has 0 aromatic heterocycles. The fourth-order valence-corrected chi connectivity index (χ4v) is 2.64. The summed E-state index contributed by atoms with van der Waals surface area (Å²) in [4.78, 5) is 12.3. The zero-order valence-corrected chi connectivity index (χ0v) is 15.5. The maximum Gasteiger partial charge on any atom is 0.261 e. The summed E-state index contributed by atoms with van der Waals surface area (Å²) in [7, 11) is 0. The van der Waals surface area contributed by atoms with Crippen molar-refractivity contribution in [2.45, 2.75) is 40.2 Å². The number of amides is 1. The van der Waals surface area contributed by atoms with Gasteiger partial charge in [0.05, 0.1) is 6.54 Å². The Hall–Kier alpha value is -2.49. The topological polar surface area (TPSA) is 47.6 Å². The molecule has 0 unspecified atom stereocenters. The van der Waals surface area contributed by atoms with E-state index in [1.54, 1.807) is 0 Å². The van der Waals surface area contributed by atoms with Crippen molar-refractivity contribution in [3.05, 3.63) is 59.2 Å². The molecule has 2 rings (SSSR count). The second kappa shape index (κ2) is 9.11. The van der Waals surface area contributed by atoms with Gasteiger partial charge >= 0.3 is 0 Å². The fourth-order valence-electron chi connectivity index (χ4n) is 2.64. The van der Waals surface area contributed by atoms with E-state index in [0.717, 1.165) is 28.2 Å². The Labute approximate surface area is 150 Å². The summed E-state index contributed by atoms with van der Waals surface area (Å²) in [5, 5.41) is 2.88. The van der Waals surface area contributed by atoms with E-state index >= 15 is 0 Å². The molecule has 0 aliphatic heterocycles. The van der Waals surface area contributed by atoms with Crippen LogP contribution in [0.4, 0.5) is 0 Å². The van der Waals surface area contributed by atoms with Crippen LogP contribution in [0.1, 0.15) is 30.0 Å². The summed E-state index contributed by atoms with van der Waals surface area (Å²) in [5.74, 6) is 1.46. The van der Waals surface area contributed by atoms with Crippen LogP contribution in [0.15, 0.2) is 42.5 Å². The van der Waals surface area contributed by atoms with Gasteiger partial charge in [-0.05, 0) is 62.1 Å². The molecule has 4 nitrogen and oxygen atoms in total. The minimum absolute atomic E-state index is 0.116. The third-order valence-corrected chi connectivity index (χ3v) is 3.89. The van der Waals surface area contributed by atoms with Crippen LogP contribution in [0.25, 0.3) is 0 Å². The van der Waals surface area contributed by atoms with Crippen molar-refractivity contribution >= 4 is 5.91 Å². The minimum atomic E-state index is -0.498. The van der Waals surface area contributed by atoms with Crippen LogP contribution in [0.3, 0.4) is 0 Å². The summed E-state index contributed by atoms with van der Waals surface area (Å²) in [6.07, 6.45) is 0.111. The van der Waals surface area contributed by atoms with E-state index in [4.69, 9.17) is 9.47 Å². The number of ether oxygens (including phenoxy) is 2. The van der Waals surface area contributed by atoms with Crippen LogP contribution >= 0.6 is 0 Å². The molecule has 0 heterocycles. The number of para-hydroxylation sites is 1. The maximum absolute atomic E-state index is 12.3. The summed E-state index contributed by atoms with van der Waals surface area (Å²) in [6.45, 7) is 8.86. The number of hydrogen-bond donors (Lipinski definition) is 1. The SMILES string of the molecule is CC[C@H](Oc1ccccc1C)C(=O)NCCOc1cc(C)cc(C)c1. The molecule has 4 heteroatoms. The molecule has 134 valence electrons. The van der Waals surface area contributed by atoms with Crippen LogP contribution < -0.4 is 14.8 Å². The second-order valence-corrected chi connectivity index (χ2v) is 6.24. The zero-order valence-electron chi connectivity index (χ0n) is 15.5. The van der Waals surface area contributed by atoms with Gasteiger partial charge in [-0.2, -0.15) is 0 Å². The van der Waals surface area contributed by atoms with Gasteiger partial charge in [0, 0.05) is 0 Å². The van der Waals surface area contributed by atoms with Gasteiger partial charge in [0.2, 0.25) is 0 Å². The molecule has 0 fully saturated rings. The maximum atomic E-state index is 12.3. The first kappa shape index (κ1) is 18.8. The molecule has 0 radical (unpaired) electrons. The number of benzene rings is 2. The predicted molar refractivity (Wildman–Crippen MR) is 100 cm³/mol. The zero-order chi connectivity index (χ0) is 18.2. The third-order valence-electron chi connectivity index (χ3n) is 3.89. The van der Waals surface area contributed by atoms with Gasteiger partial charge in [-0.3, -0.25) is 4.79 Å². The van der Waals surface area contributed by atoms with Crippen LogP contribution in [0.5, 0.6) is 11.5 Å². The van der Waals surface area contributed by atoms with Crippen molar-refractivity contribution in [2.24, 2.45) is 0 Å². The van der Waals surface area contributed by atoms with E-state index in [1.807, 2.05) is 64.1 Å². The van der Waals surface area contributed by atoms with Gasteiger partial charge < -0.3 is 14.8 Å². The molecule has 1 amide bonds. The molecule has 0 saturated carbocycles. The molecule has 0 bridgehead atoms. The van der Waals surface area contributed by atoms with Crippen molar-refractivity contribution in [2.75, 3.05) is 13.2 Å². The Kier molecular flexibility index (Phi) is 6.87. The monoisotopic (exact) mass is 341 g/mol. The van der Waals surface area contributed by atoms with Crippen molar-refractivity contribution in [3.8, 4) is 11.5 Å². The molecule has 0 aliphatic carbocycles. The Bertz CT molecular complexity index is 692. The van der Waals surface area contributed by atoms with Gasteiger partial charge in [0.1, 0.15) is 18.1 Å². The molecule has 2 aromatic carbocycles.